The Labute approximate surface area is 66.5 Å². The topological polar surface area (TPSA) is 52.6 Å². The highest BCUT2D eigenvalue weighted by atomic mass is 16.4. The van der Waals surface area contributed by atoms with Crippen molar-refractivity contribution < 1.29 is 9.90 Å². The van der Waals surface area contributed by atoms with E-state index in [1.54, 1.807) is 11.9 Å². The molecule has 0 bridgehead atoms. The van der Waals surface area contributed by atoms with Gasteiger partial charge in [0, 0.05) is 26.7 Å². The molecule has 0 aliphatic heterocycles. The maximum atomic E-state index is 10.1. The summed E-state index contributed by atoms with van der Waals surface area (Å²) in [6.07, 6.45) is 1.19. The minimum absolute atomic E-state index is 0.569. The summed E-state index contributed by atoms with van der Waals surface area (Å²) in [6.45, 7) is 2.34. The van der Waals surface area contributed by atoms with Gasteiger partial charge in [-0.25, -0.2) is 4.79 Å². The number of aliphatic carboxylic acids is 1. The van der Waals surface area contributed by atoms with Crippen LogP contribution < -0.4 is 5.43 Å². The van der Waals surface area contributed by atoms with Crippen molar-refractivity contribution in [2.75, 3.05) is 20.6 Å². The summed E-state index contributed by atoms with van der Waals surface area (Å²) >= 11 is 0. The van der Waals surface area contributed by atoms with Gasteiger partial charge in [-0.2, -0.15) is 0 Å². The Morgan fingerprint density at radius 1 is 1.64 bits per heavy atom. The Morgan fingerprint density at radius 2 is 2.18 bits per heavy atom. The third kappa shape index (κ3) is 7.02. The van der Waals surface area contributed by atoms with Crippen molar-refractivity contribution in [3.63, 3.8) is 0 Å². The van der Waals surface area contributed by atoms with Crippen molar-refractivity contribution in [1.29, 1.82) is 0 Å². The zero-order valence-corrected chi connectivity index (χ0v) is 7.09. The lowest BCUT2D eigenvalue weighted by Crippen LogP contribution is -2.31. The Kier molecular flexibility index (Phi) is 4.49. The normalized spacial score (nSPS) is 12.2. The second kappa shape index (κ2) is 4.87. The number of carbonyl (C=O) groups is 1. The lowest BCUT2D eigenvalue weighted by Gasteiger charge is -2.11. The summed E-state index contributed by atoms with van der Waals surface area (Å²) in [7, 11) is 3.71. The molecule has 2 N–H and O–H groups in total. The van der Waals surface area contributed by atoms with Gasteiger partial charge in [0.25, 0.3) is 0 Å². The maximum Gasteiger partial charge on any atom is 0.328 e. The molecule has 0 rings (SSSR count). The van der Waals surface area contributed by atoms with E-state index in [1.807, 2.05) is 14.1 Å². The molecule has 0 spiro atoms. The molecule has 4 heteroatoms. The number of nitrogens with zero attached hydrogens (tertiary/aromatic N) is 1. The van der Waals surface area contributed by atoms with Gasteiger partial charge >= 0.3 is 5.97 Å². The highest BCUT2D eigenvalue weighted by Crippen LogP contribution is 1.88. The minimum atomic E-state index is -0.900. The first kappa shape index (κ1) is 10.1. The van der Waals surface area contributed by atoms with Gasteiger partial charge in [0.05, 0.1) is 0 Å². The summed E-state index contributed by atoms with van der Waals surface area (Å²) in [4.78, 5) is 10.1. The van der Waals surface area contributed by atoms with Gasteiger partial charge in [-0.1, -0.05) is 5.57 Å². The number of rotatable bonds is 4. The van der Waals surface area contributed by atoms with E-state index in [4.69, 9.17) is 5.11 Å². The van der Waals surface area contributed by atoms with Crippen LogP contribution in [0.2, 0.25) is 0 Å². The molecule has 0 aromatic heterocycles. The van der Waals surface area contributed by atoms with Crippen molar-refractivity contribution in [3.8, 4) is 0 Å². The molecule has 0 aliphatic carbocycles. The van der Waals surface area contributed by atoms with Crippen molar-refractivity contribution in [2.45, 2.75) is 6.92 Å². The second-order valence-corrected chi connectivity index (χ2v) is 2.56. The van der Waals surface area contributed by atoms with E-state index in [0.717, 1.165) is 5.57 Å². The van der Waals surface area contributed by atoms with Crippen molar-refractivity contribution in [2.24, 2.45) is 0 Å². The van der Waals surface area contributed by atoms with E-state index < -0.39 is 5.97 Å². The predicted molar refractivity (Wildman–Crippen MR) is 43.1 cm³/mol. The smallest absolute Gasteiger partial charge is 0.328 e. The van der Waals surface area contributed by atoms with Gasteiger partial charge in [0.1, 0.15) is 0 Å². The molecule has 0 amide bonds. The first-order valence-electron chi connectivity index (χ1n) is 3.33. The molecule has 0 saturated carbocycles. The predicted octanol–water partition coefficient (Wildman–Crippen LogP) is 0.0835. The third-order valence-corrected chi connectivity index (χ3v) is 1.04. The Hall–Kier alpha value is -0.870. The second-order valence-electron chi connectivity index (χ2n) is 2.56. The zero-order valence-electron chi connectivity index (χ0n) is 7.09. The van der Waals surface area contributed by atoms with Crippen molar-refractivity contribution >= 4 is 5.97 Å². The molecule has 0 aliphatic rings. The van der Waals surface area contributed by atoms with Gasteiger partial charge < -0.3 is 5.11 Å². The van der Waals surface area contributed by atoms with E-state index in [9.17, 15) is 4.79 Å². The molecule has 0 saturated heterocycles. The fraction of sp³-hybridized carbons (Fsp3) is 0.571. The monoisotopic (exact) mass is 158 g/mol. The summed E-state index contributed by atoms with van der Waals surface area (Å²) in [5.41, 5.74) is 3.75. The molecule has 4 nitrogen and oxygen atoms in total. The fourth-order valence-corrected chi connectivity index (χ4v) is 0.545. The molecule has 0 atom stereocenters. The van der Waals surface area contributed by atoms with Crippen LogP contribution in [0.4, 0.5) is 0 Å². The molecule has 0 aromatic rings. The van der Waals surface area contributed by atoms with E-state index in [0.29, 0.717) is 6.54 Å². The fourth-order valence-electron chi connectivity index (χ4n) is 0.545. The molecule has 64 valence electrons. The Morgan fingerprint density at radius 3 is 2.55 bits per heavy atom. The number of carboxylic acids is 1. The lowest BCUT2D eigenvalue weighted by molar-refractivity contribution is -0.131. The quantitative estimate of drug-likeness (QED) is 0.449. The van der Waals surface area contributed by atoms with Gasteiger partial charge in [0.15, 0.2) is 0 Å². The summed E-state index contributed by atoms with van der Waals surface area (Å²) in [6, 6.07) is 0. The average Bonchev–Trinajstić information content (AvgIpc) is 1.82. The number of hydrogen-bond donors (Lipinski definition) is 2. The number of nitrogens with one attached hydrogen (secondary N) is 1. The van der Waals surface area contributed by atoms with Crippen LogP contribution in [-0.4, -0.2) is 36.7 Å². The van der Waals surface area contributed by atoms with Crippen molar-refractivity contribution in [1.82, 2.24) is 10.4 Å². The van der Waals surface area contributed by atoms with Gasteiger partial charge in [-0.15, -0.1) is 0 Å². The molecule has 0 aromatic carbocycles. The summed E-state index contributed by atoms with van der Waals surface area (Å²) < 4.78 is 0. The first-order chi connectivity index (χ1) is 5.02. The largest absolute Gasteiger partial charge is 0.478 e. The number of hydrazine groups is 1. The zero-order chi connectivity index (χ0) is 8.85. The highest BCUT2D eigenvalue weighted by molar-refractivity contribution is 5.80. The van der Waals surface area contributed by atoms with Gasteiger partial charge in [-0.3, -0.25) is 10.4 Å². The molecular weight excluding hydrogens is 144 g/mol. The van der Waals surface area contributed by atoms with Crippen LogP contribution in [0.1, 0.15) is 6.92 Å². The Balaban J connectivity index is 3.68. The minimum Gasteiger partial charge on any atom is -0.478 e. The summed E-state index contributed by atoms with van der Waals surface area (Å²) in [5.74, 6) is -0.900. The summed E-state index contributed by atoms with van der Waals surface area (Å²) in [5, 5.41) is 10.1. The van der Waals surface area contributed by atoms with Crippen LogP contribution in [0.3, 0.4) is 0 Å². The SMILES string of the molecule is CC(=CC(=O)O)CNN(C)C. The Bertz CT molecular complexity index is 164. The van der Waals surface area contributed by atoms with Gasteiger partial charge in [-0.05, 0) is 6.92 Å². The number of hydrogen-bond acceptors (Lipinski definition) is 3. The first-order valence-corrected chi connectivity index (χ1v) is 3.33. The maximum absolute atomic E-state index is 10.1. The van der Waals surface area contributed by atoms with Crippen LogP contribution in [0.25, 0.3) is 0 Å². The van der Waals surface area contributed by atoms with Crippen LogP contribution in [0.5, 0.6) is 0 Å². The molecule has 11 heavy (non-hydrogen) atoms. The van der Waals surface area contributed by atoms with Crippen LogP contribution in [-0.2, 0) is 4.79 Å². The highest BCUT2D eigenvalue weighted by Gasteiger charge is 1.93. The van der Waals surface area contributed by atoms with E-state index in [-0.39, 0.29) is 0 Å². The molecule has 0 unspecified atom stereocenters. The molecule has 0 radical (unpaired) electrons. The molecular formula is C7H14N2O2. The van der Waals surface area contributed by atoms with E-state index in [2.05, 4.69) is 5.43 Å². The van der Waals surface area contributed by atoms with Crippen LogP contribution in [0, 0.1) is 0 Å². The van der Waals surface area contributed by atoms with Crippen LogP contribution in [0.15, 0.2) is 11.6 Å². The lowest BCUT2D eigenvalue weighted by atomic mass is 10.3. The van der Waals surface area contributed by atoms with Crippen molar-refractivity contribution in [3.05, 3.63) is 11.6 Å². The number of carboxylic acid groups (broad SMARTS) is 1. The standard InChI is InChI=1S/C7H14N2O2/c1-6(4-7(10)11)5-8-9(2)3/h4,8H,5H2,1-3H3,(H,10,11). The van der Waals surface area contributed by atoms with Crippen LogP contribution >= 0.6 is 0 Å². The average molecular weight is 158 g/mol. The molecule has 0 heterocycles. The molecule has 0 fully saturated rings. The third-order valence-electron chi connectivity index (χ3n) is 1.04. The van der Waals surface area contributed by atoms with Gasteiger partial charge in [0.2, 0.25) is 0 Å². The van der Waals surface area contributed by atoms with E-state index in [1.165, 1.54) is 6.08 Å². The van der Waals surface area contributed by atoms with E-state index >= 15 is 0 Å².